The molecule has 1 heterocycles. The van der Waals surface area contributed by atoms with Crippen LogP contribution in [0.2, 0.25) is 0 Å². The Hall–Kier alpha value is -1.68. The lowest BCUT2D eigenvalue weighted by atomic mass is 10.1. The molecule has 2 amide bonds. The Balaban J connectivity index is 2.16. The van der Waals surface area contributed by atoms with Gasteiger partial charge in [-0.1, -0.05) is 46.8 Å². The first-order valence-electron chi connectivity index (χ1n) is 10.1. The summed E-state index contributed by atoms with van der Waals surface area (Å²) in [6.07, 6.45) is 3.44. The number of nitrogens with one attached hydrogen (secondary N) is 1. The zero-order valence-electron chi connectivity index (χ0n) is 17.0. The summed E-state index contributed by atoms with van der Waals surface area (Å²) in [4.78, 5) is 28.4. The third-order valence-electron chi connectivity index (χ3n) is 5.33. The van der Waals surface area contributed by atoms with Gasteiger partial charge in [-0.15, -0.1) is 0 Å². The monoisotopic (exact) mass is 359 g/mol. The predicted octanol–water partition coefficient (Wildman–Crippen LogP) is 2.86. The van der Waals surface area contributed by atoms with E-state index in [2.05, 4.69) is 34.6 Å². The Labute approximate surface area is 158 Å². The van der Waals surface area contributed by atoms with Gasteiger partial charge in [0, 0.05) is 0 Å². The van der Waals surface area contributed by atoms with Crippen molar-refractivity contribution in [1.29, 1.82) is 0 Å². The number of carbonyl (C=O) groups excluding carboxylic acids is 2. The number of nitrogens with zero attached hydrogens (tertiary/aromatic N) is 1. The van der Waals surface area contributed by atoms with E-state index in [-0.39, 0.29) is 17.9 Å². The predicted molar refractivity (Wildman–Crippen MR) is 106 cm³/mol. The van der Waals surface area contributed by atoms with Gasteiger partial charge in [0.1, 0.15) is 0 Å². The van der Waals surface area contributed by atoms with Crippen molar-refractivity contribution in [1.82, 2.24) is 0 Å². The van der Waals surface area contributed by atoms with Crippen molar-refractivity contribution >= 4 is 17.5 Å². The fourth-order valence-corrected chi connectivity index (χ4v) is 3.52. The van der Waals surface area contributed by atoms with E-state index >= 15 is 0 Å². The van der Waals surface area contributed by atoms with Crippen LogP contribution in [0, 0.1) is 11.8 Å². The molecule has 1 N–H and O–H groups in total. The van der Waals surface area contributed by atoms with Crippen molar-refractivity contribution in [3.05, 3.63) is 29.8 Å². The van der Waals surface area contributed by atoms with Crippen LogP contribution in [0.3, 0.4) is 0 Å². The van der Waals surface area contributed by atoms with Gasteiger partial charge in [0.2, 0.25) is 5.91 Å². The highest BCUT2D eigenvalue weighted by atomic mass is 16.2. The number of anilines is 1. The fraction of sp³-hybridized carbons (Fsp3) is 0.636. The number of carbonyl (C=O) groups is 2. The van der Waals surface area contributed by atoms with Crippen LogP contribution in [0.15, 0.2) is 24.3 Å². The van der Waals surface area contributed by atoms with E-state index in [9.17, 15) is 9.59 Å². The van der Waals surface area contributed by atoms with Crippen LogP contribution in [-0.2, 0) is 16.0 Å². The summed E-state index contributed by atoms with van der Waals surface area (Å²) >= 11 is 0. The van der Waals surface area contributed by atoms with Crippen molar-refractivity contribution in [3.63, 3.8) is 0 Å². The largest absolute Gasteiger partial charge is 0.324 e. The molecule has 0 spiro atoms. The summed E-state index contributed by atoms with van der Waals surface area (Å²) in [5.41, 5.74) is 1.93. The van der Waals surface area contributed by atoms with Gasteiger partial charge in [-0.3, -0.25) is 9.59 Å². The van der Waals surface area contributed by atoms with Gasteiger partial charge in [-0.2, -0.15) is 0 Å². The molecule has 1 aliphatic heterocycles. The first kappa shape index (κ1) is 20.6. The average Bonchev–Trinajstić information content (AvgIpc) is 2.89. The molecule has 1 saturated heterocycles. The van der Waals surface area contributed by atoms with Gasteiger partial charge in [0.15, 0.2) is 6.04 Å². The van der Waals surface area contributed by atoms with Crippen molar-refractivity contribution < 1.29 is 14.5 Å². The standard InChI is InChI=1S/C22H34N2O2/c1-6-18-7-9-19(10-8-18)24-21(25)15-20(22(24)26)23(13-11-16(2)3)14-12-17(4)5/h7-10,16-17,20H,6,11-15H2,1-5H3/p+1/t20-/m1/s1. The highest BCUT2D eigenvalue weighted by molar-refractivity contribution is 6.21. The highest BCUT2D eigenvalue weighted by Crippen LogP contribution is 2.22. The smallest absolute Gasteiger partial charge is 0.292 e. The van der Waals surface area contributed by atoms with E-state index in [1.807, 2.05) is 24.3 Å². The van der Waals surface area contributed by atoms with E-state index in [0.29, 0.717) is 23.9 Å². The van der Waals surface area contributed by atoms with Crippen molar-refractivity contribution in [2.75, 3.05) is 18.0 Å². The molecular formula is C22H35N2O2+. The van der Waals surface area contributed by atoms with Crippen LogP contribution in [0.1, 0.15) is 59.4 Å². The molecule has 0 aliphatic carbocycles. The summed E-state index contributed by atoms with van der Waals surface area (Å²) in [5, 5.41) is 0. The summed E-state index contributed by atoms with van der Waals surface area (Å²) in [5.74, 6) is 1.13. The number of rotatable bonds is 9. The lowest BCUT2D eigenvalue weighted by Crippen LogP contribution is -3.16. The molecule has 0 unspecified atom stereocenters. The Morgan fingerprint density at radius 2 is 1.54 bits per heavy atom. The second-order valence-corrected chi connectivity index (χ2v) is 8.37. The van der Waals surface area contributed by atoms with Crippen molar-refractivity contribution in [2.24, 2.45) is 11.8 Å². The zero-order valence-corrected chi connectivity index (χ0v) is 17.0. The van der Waals surface area contributed by atoms with E-state index in [1.54, 1.807) is 0 Å². The van der Waals surface area contributed by atoms with Gasteiger partial charge in [-0.25, -0.2) is 4.90 Å². The minimum atomic E-state index is -0.231. The molecule has 1 aromatic rings. The molecule has 26 heavy (non-hydrogen) atoms. The fourth-order valence-electron chi connectivity index (χ4n) is 3.52. The number of hydrogen-bond donors (Lipinski definition) is 1. The van der Waals surface area contributed by atoms with Crippen molar-refractivity contribution in [2.45, 2.75) is 66.3 Å². The van der Waals surface area contributed by atoms with Crippen LogP contribution in [0.25, 0.3) is 0 Å². The van der Waals surface area contributed by atoms with Gasteiger partial charge >= 0.3 is 0 Å². The maximum Gasteiger partial charge on any atom is 0.292 e. The zero-order chi connectivity index (χ0) is 19.3. The molecule has 4 nitrogen and oxygen atoms in total. The van der Waals surface area contributed by atoms with Gasteiger partial charge in [0.05, 0.1) is 25.2 Å². The maximum absolute atomic E-state index is 13.1. The van der Waals surface area contributed by atoms with Crippen molar-refractivity contribution in [3.8, 4) is 0 Å². The third-order valence-corrected chi connectivity index (χ3v) is 5.33. The van der Waals surface area contributed by atoms with Gasteiger partial charge in [-0.05, 0) is 48.8 Å². The summed E-state index contributed by atoms with van der Waals surface area (Å²) in [7, 11) is 0. The average molecular weight is 360 g/mol. The van der Waals surface area contributed by atoms with Crippen LogP contribution >= 0.6 is 0 Å². The van der Waals surface area contributed by atoms with Crippen LogP contribution in [-0.4, -0.2) is 30.9 Å². The molecule has 1 aromatic carbocycles. The highest BCUT2D eigenvalue weighted by Gasteiger charge is 2.45. The van der Waals surface area contributed by atoms with Crippen LogP contribution in [0.5, 0.6) is 0 Å². The lowest BCUT2D eigenvalue weighted by Gasteiger charge is -2.26. The van der Waals surface area contributed by atoms with E-state index < -0.39 is 0 Å². The molecule has 1 fully saturated rings. The molecule has 2 rings (SSSR count). The molecule has 144 valence electrons. The number of benzene rings is 1. The summed E-state index contributed by atoms with van der Waals surface area (Å²) < 4.78 is 0. The molecule has 1 aliphatic rings. The number of hydrogen-bond acceptors (Lipinski definition) is 2. The summed E-state index contributed by atoms with van der Waals surface area (Å²) in [6, 6.07) is 7.58. The second kappa shape index (κ2) is 9.31. The Morgan fingerprint density at radius 1 is 1.00 bits per heavy atom. The first-order chi connectivity index (χ1) is 12.3. The second-order valence-electron chi connectivity index (χ2n) is 8.37. The Kier molecular flexibility index (Phi) is 7.39. The van der Waals surface area contributed by atoms with Crippen LogP contribution in [0.4, 0.5) is 5.69 Å². The molecule has 4 heteroatoms. The van der Waals surface area contributed by atoms with Crippen LogP contribution < -0.4 is 9.80 Å². The topological polar surface area (TPSA) is 41.8 Å². The van der Waals surface area contributed by atoms with Gasteiger partial charge in [0.25, 0.3) is 5.91 Å². The SMILES string of the molecule is CCc1ccc(N2C(=O)C[C@@H]([NH+](CCC(C)C)CCC(C)C)C2=O)cc1. The van der Waals surface area contributed by atoms with Gasteiger partial charge < -0.3 is 4.90 Å². The van der Waals surface area contributed by atoms with E-state index in [1.165, 1.54) is 15.4 Å². The molecule has 0 radical (unpaired) electrons. The molecule has 0 aromatic heterocycles. The molecular weight excluding hydrogens is 324 g/mol. The Bertz CT molecular complexity index is 595. The minimum absolute atomic E-state index is 0.0261. The summed E-state index contributed by atoms with van der Waals surface area (Å²) in [6.45, 7) is 12.9. The molecule has 1 atom stereocenters. The first-order valence-corrected chi connectivity index (χ1v) is 10.1. The quantitative estimate of drug-likeness (QED) is 0.689. The van der Waals surface area contributed by atoms with E-state index in [4.69, 9.17) is 0 Å². The molecule has 0 saturated carbocycles. The number of aryl methyl sites for hydroxylation is 1. The minimum Gasteiger partial charge on any atom is -0.324 e. The molecule has 0 bridgehead atoms. The normalized spacial score (nSPS) is 18.0. The number of amides is 2. The Morgan fingerprint density at radius 3 is 2.00 bits per heavy atom. The van der Waals surface area contributed by atoms with E-state index in [0.717, 1.165) is 32.4 Å². The third kappa shape index (κ3) is 5.16. The lowest BCUT2D eigenvalue weighted by molar-refractivity contribution is -0.916. The maximum atomic E-state index is 13.1. The number of quaternary nitrogens is 1. The number of imide groups is 1.